The summed E-state index contributed by atoms with van der Waals surface area (Å²) in [6, 6.07) is 0. The van der Waals surface area contributed by atoms with Crippen LogP contribution in [0.1, 0.15) is 13.8 Å². The Morgan fingerprint density at radius 3 is 2.38 bits per heavy atom. The second kappa shape index (κ2) is 9.71. The maximum atomic E-state index is 11.0. The fraction of sp³-hybridized carbons (Fsp3) is 0.333. The molecule has 0 amide bonds. The predicted molar refractivity (Wildman–Crippen MR) is 60.7 cm³/mol. The van der Waals surface area contributed by atoms with E-state index < -0.39 is 11.9 Å². The lowest BCUT2D eigenvalue weighted by Crippen LogP contribution is -2.02. The molecule has 4 heteroatoms. The van der Waals surface area contributed by atoms with Gasteiger partial charge in [0.15, 0.2) is 0 Å². The summed E-state index contributed by atoms with van der Waals surface area (Å²) in [6.07, 6.45) is 9.06. The minimum Gasteiger partial charge on any atom is -0.463 e. The van der Waals surface area contributed by atoms with Crippen molar-refractivity contribution in [2.75, 3.05) is 13.2 Å². The van der Waals surface area contributed by atoms with E-state index in [1.54, 1.807) is 25.2 Å². The number of hydrogen-bond acceptors (Lipinski definition) is 4. The summed E-state index contributed by atoms with van der Waals surface area (Å²) >= 11 is 0. The van der Waals surface area contributed by atoms with Crippen molar-refractivity contribution in [2.24, 2.45) is 0 Å². The van der Waals surface area contributed by atoms with Crippen LogP contribution in [0.4, 0.5) is 0 Å². The molecule has 0 aliphatic carbocycles. The average Bonchev–Trinajstić information content (AvgIpc) is 2.25. The lowest BCUT2D eigenvalue weighted by Gasteiger charge is -1.96. The van der Waals surface area contributed by atoms with Crippen molar-refractivity contribution < 1.29 is 19.1 Å². The average molecular weight is 224 g/mol. The Kier molecular flexibility index (Phi) is 8.59. The first kappa shape index (κ1) is 14.2. The molecule has 0 saturated heterocycles. The Balaban J connectivity index is 3.73. The Hall–Kier alpha value is -1.84. The van der Waals surface area contributed by atoms with Crippen LogP contribution in [0.3, 0.4) is 0 Å². The molecular weight excluding hydrogens is 208 g/mol. The number of hydrogen-bond donors (Lipinski definition) is 0. The van der Waals surface area contributed by atoms with Crippen LogP contribution in [0.15, 0.2) is 36.5 Å². The number of carbonyl (C=O) groups is 2. The van der Waals surface area contributed by atoms with Gasteiger partial charge in [-0.05, 0) is 19.9 Å². The predicted octanol–water partition coefficient (Wildman–Crippen LogP) is 1.78. The SMILES string of the molecule is C/C=C/C=C/C(=O)OC/C=C/C(=O)OCC. The summed E-state index contributed by atoms with van der Waals surface area (Å²) in [6.45, 7) is 3.95. The largest absolute Gasteiger partial charge is 0.463 e. The van der Waals surface area contributed by atoms with Gasteiger partial charge in [-0.25, -0.2) is 9.59 Å². The van der Waals surface area contributed by atoms with E-state index in [1.807, 2.05) is 6.92 Å². The highest BCUT2D eigenvalue weighted by molar-refractivity contribution is 5.83. The van der Waals surface area contributed by atoms with Gasteiger partial charge >= 0.3 is 11.9 Å². The monoisotopic (exact) mass is 224 g/mol. The highest BCUT2D eigenvalue weighted by atomic mass is 16.5. The van der Waals surface area contributed by atoms with Gasteiger partial charge in [0.25, 0.3) is 0 Å². The van der Waals surface area contributed by atoms with Gasteiger partial charge < -0.3 is 9.47 Å². The van der Waals surface area contributed by atoms with E-state index in [4.69, 9.17) is 4.74 Å². The van der Waals surface area contributed by atoms with Crippen LogP contribution in [0.5, 0.6) is 0 Å². The van der Waals surface area contributed by atoms with E-state index in [0.717, 1.165) is 0 Å². The van der Waals surface area contributed by atoms with E-state index in [2.05, 4.69) is 4.74 Å². The fourth-order valence-electron chi connectivity index (χ4n) is 0.758. The van der Waals surface area contributed by atoms with Crippen LogP contribution >= 0.6 is 0 Å². The minimum atomic E-state index is -0.452. The molecule has 0 atom stereocenters. The minimum absolute atomic E-state index is 0.0534. The van der Waals surface area contributed by atoms with E-state index in [-0.39, 0.29) is 6.61 Å². The first-order valence-electron chi connectivity index (χ1n) is 5.00. The standard InChI is InChI=1S/C12H16O4/c1-3-5-6-8-12(14)16-10-7-9-11(13)15-4-2/h3,5-9H,4,10H2,1-2H3/b5-3+,8-6+,9-7+. The van der Waals surface area contributed by atoms with Crippen molar-refractivity contribution in [3.05, 3.63) is 36.5 Å². The van der Waals surface area contributed by atoms with Gasteiger partial charge in [0.2, 0.25) is 0 Å². The number of carbonyl (C=O) groups excluding carboxylic acids is 2. The third-order valence-corrected chi connectivity index (χ3v) is 1.40. The zero-order valence-electron chi connectivity index (χ0n) is 9.51. The molecule has 0 radical (unpaired) electrons. The summed E-state index contributed by atoms with van der Waals surface area (Å²) in [7, 11) is 0. The van der Waals surface area contributed by atoms with E-state index >= 15 is 0 Å². The van der Waals surface area contributed by atoms with Crippen molar-refractivity contribution in [1.29, 1.82) is 0 Å². The maximum absolute atomic E-state index is 11.0. The van der Waals surface area contributed by atoms with Crippen molar-refractivity contribution in [1.82, 2.24) is 0 Å². The molecule has 0 N–H and O–H groups in total. The van der Waals surface area contributed by atoms with Gasteiger partial charge in [-0.2, -0.15) is 0 Å². The number of esters is 2. The Morgan fingerprint density at radius 2 is 1.75 bits per heavy atom. The third-order valence-electron chi connectivity index (χ3n) is 1.40. The molecule has 0 rings (SSSR count). The van der Waals surface area contributed by atoms with Crippen LogP contribution in [0.2, 0.25) is 0 Å². The number of allylic oxidation sites excluding steroid dienone is 3. The summed E-state index contributed by atoms with van der Waals surface area (Å²) in [5.41, 5.74) is 0. The van der Waals surface area contributed by atoms with Gasteiger partial charge in [-0.15, -0.1) is 0 Å². The molecule has 4 nitrogen and oxygen atoms in total. The van der Waals surface area contributed by atoms with Gasteiger partial charge in [0, 0.05) is 12.2 Å². The lowest BCUT2D eigenvalue weighted by atomic mass is 10.4. The summed E-state index contributed by atoms with van der Waals surface area (Å²) in [5, 5.41) is 0. The number of rotatable bonds is 6. The van der Waals surface area contributed by atoms with Crippen LogP contribution in [0.25, 0.3) is 0 Å². The molecule has 0 spiro atoms. The molecule has 0 aromatic rings. The molecular formula is C12H16O4. The van der Waals surface area contributed by atoms with Crippen LogP contribution in [0, 0.1) is 0 Å². The normalized spacial score (nSPS) is 11.4. The lowest BCUT2D eigenvalue weighted by molar-refractivity contribution is -0.138. The molecule has 0 aliphatic heterocycles. The highest BCUT2D eigenvalue weighted by Crippen LogP contribution is 1.86. The van der Waals surface area contributed by atoms with Gasteiger partial charge in [0.1, 0.15) is 6.61 Å². The summed E-state index contributed by atoms with van der Waals surface area (Å²) in [4.78, 5) is 21.8. The third kappa shape index (κ3) is 8.74. The van der Waals surface area contributed by atoms with Crippen molar-refractivity contribution in [3.63, 3.8) is 0 Å². The molecule has 0 saturated carbocycles. The van der Waals surface area contributed by atoms with Crippen molar-refractivity contribution in [3.8, 4) is 0 Å². The number of ether oxygens (including phenoxy) is 2. The molecule has 0 aromatic heterocycles. The quantitative estimate of drug-likeness (QED) is 0.392. The van der Waals surface area contributed by atoms with Gasteiger partial charge in [0.05, 0.1) is 6.61 Å². The maximum Gasteiger partial charge on any atom is 0.331 e. The smallest absolute Gasteiger partial charge is 0.331 e. The Morgan fingerprint density at radius 1 is 1.06 bits per heavy atom. The molecule has 0 unspecified atom stereocenters. The Bertz CT molecular complexity index is 300. The van der Waals surface area contributed by atoms with E-state index in [0.29, 0.717) is 6.61 Å². The van der Waals surface area contributed by atoms with Crippen molar-refractivity contribution >= 4 is 11.9 Å². The second-order valence-corrected chi connectivity index (χ2v) is 2.67. The summed E-state index contributed by atoms with van der Waals surface area (Å²) in [5.74, 6) is -0.894. The van der Waals surface area contributed by atoms with Gasteiger partial charge in [-0.3, -0.25) is 0 Å². The molecule has 0 heterocycles. The molecule has 88 valence electrons. The fourth-order valence-corrected chi connectivity index (χ4v) is 0.758. The zero-order valence-corrected chi connectivity index (χ0v) is 9.51. The van der Waals surface area contributed by atoms with Gasteiger partial charge in [-0.1, -0.05) is 18.2 Å². The van der Waals surface area contributed by atoms with Crippen molar-refractivity contribution in [2.45, 2.75) is 13.8 Å². The topological polar surface area (TPSA) is 52.6 Å². The molecule has 0 bridgehead atoms. The van der Waals surface area contributed by atoms with Crippen LogP contribution in [-0.2, 0) is 19.1 Å². The van der Waals surface area contributed by atoms with E-state index in [1.165, 1.54) is 18.2 Å². The first-order chi connectivity index (χ1) is 7.70. The first-order valence-corrected chi connectivity index (χ1v) is 5.00. The Labute approximate surface area is 95.2 Å². The molecule has 0 fully saturated rings. The second-order valence-electron chi connectivity index (χ2n) is 2.67. The van der Waals surface area contributed by atoms with Crippen LogP contribution < -0.4 is 0 Å². The molecule has 0 aromatic carbocycles. The summed E-state index contributed by atoms with van der Waals surface area (Å²) < 4.78 is 9.40. The van der Waals surface area contributed by atoms with Crippen LogP contribution in [-0.4, -0.2) is 25.2 Å². The zero-order chi connectivity index (χ0) is 12.2. The highest BCUT2D eigenvalue weighted by Gasteiger charge is 1.95. The van der Waals surface area contributed by atoms with E-state index in [9.17, 15) is 9.59 Å². The molecule has 0 aliphatic rings. The molecule has 16 heavy (non-hydrogen) atoms.